The van der Waals surface area contributed by atoms with Crippen LogP contribution in [0.1, 0.15) is 16.2 Å². The van der Waals surface area contributed by atoms with E-state index < -0.39 is 0 Å². The highest BCUT2D eigenvalue weighted by Gasteiger charge is 2.08. The second-order valence-electron chi connectivity index (χ2n) is 5.98. The number of fused-ring (bicyclic) bond motifs is 1. The van der Waals surface area contributed by atoms with Gasteiger partial charge in [0.2, 0.25) is 0 Å². The summed E-state index contributed by atoms with van der Waals surface area (Å²) in [7, 11) is 3.86. The molecule has 0 aliphatic rings. The number of aromatic amines is 1. The first-order valence-electron chi connectivity index (χ1n) is 8.08. The molecule has 0 saturated heterocycles. The van der Waals surface area contributed by atoms with Crippen molar-refractivity contribution in [1.82, 2.24) is 15.3 Å². The Labute approximate surface area is 145 Å². The smallest absolute Gasteiger partial charge is 0.258 e. The third-order valence-corrected chi connectivity index (χ3v) is 3.93. The fourth-order valence-electron chi connectivity index (χ4n) is 2.58. The van der Waals surface area contributed by atoms with E-state index in [0.717, 1.165) is 5.69 Å². The Hall–Kier alpha value is -3.15. The molecule has 0 spiro atoms. The van der Waals surface area contributed by atoms with Crippen LogP contribution in [0.5, 0.6) is 0 Å². The van der Waals surface area contributed by atoms with Gasteiger partial charge in [-0.2, -0.15) is 0 Å². The number of hydrogen-bond acceptors (Lipinski definition) is 4. The molecular weight excluding hydrogens is 316 g/mol. The fourth-order valence-corrected chi connectivity index (χ4v) is 2.58. The summed E-state index contributed by atoms with van der Waals surface area (Å²) in [5.41, 5.74) is 2.07. The van der Waals surface area contributed by atoms with E-state index in [1.807, 2.05) is 43.3 Å². The topological polar surface area (TPSA) is 78.1 Å². The summed E-state index contributed by atoms with van der Waals surface area (Å²) in [4.78, 5) is 33.4. The van der Waals surface area contributed by atoms with Crippen LogP contribution in [0.3, 0.4) is 0 Å². The van der Waals surface area contributed by atoms with Gasteiger partial charge in [-0.1, -0.05) is 18.2 Å². The molecule has 0 fully saturated rings. The van der Waals surface area contributed by atoms with Gasteiger partial charge in [-0.05, 0) is 30.3 Å². The molecule has 6 nitrogen and oxygen atoms in total. The minimum Gasteiger partial charge on any atom is -0.378 e. The molecule has 0 aliphatic heterocycles. The van der Waals surface area contributed by atoms with E-state index in [9.17, 15) is 9.59 Å². The second-order valence-corrected chi connectivity index (χ2v) is 5.98. The van der Waals surface area contributed by atoms with Crippen LogP contribution >= 0.6 is 0 Å². The molecule has 6 heteroatoms. The molecule has 128 valence electrons. The Kier molecular flexibility index (Phi) is 4.79. The summed E-state index contributed by atoms with van der Waals surface area (Å²) in [5, 5.41) is 3.43. The van der Waals surface area contributed by atoms with E-state index in [1.165, 1.54) is 0 Å². The zero-order chi connectivity index (χ0) is 17.8. The van der Waals surface area contributed by atoms with Crippen molar-refractivity contribution in [2.24, 2.45) is 0 Å². The average Bonchev–Trinajstić information content (AvgIpc) is 2.62. The second kappa shape index (κ2) is 7.17. The van der Waals surface area contributed by atoms with E-state index in [2.05, 4.69) is 15.3 Å². The number of amides is 1. The number of aromatic nitrogens is 2. The first kappa shape index (κ1) is 16.7. The third-order valence-electron chi connectivity index (χ3n) is 3.93. The average molecular weight is 336 g/mol. The van der Waals surface area contributed by atoms with Crippen LogP contribution in [-0.4, -0.2) is 36.5 Å². The van der Waals surface area contributed by atoms with Crippen LogP contribution in [0.4, 0.5) is 5.69 Å². The molecule has 2 N–H and O–H groups in total. The summed E-state index contributed by atoms with van der Waals surface area (Å²) in [5.74, 6) is 0.415. The highest BCUT2D eigenvalue weighted by Crippen LogP contribution is 2.13. The summed E-state index contributed by atoms with van der Waals surface area (Å²) in [6.07, 6.45) is 0.458. The predicted octanol–water partition coefficient (Wildman–Crippen LogP) is 1.96. The monoisotopic (exact) mass is 336 g/mol. The van der Waals surface area contributed by atoms with Gasteiger partial charge in [0.25, 0.3) is 11.5 Å². The molecular formula is C19H20N4O2. The van der Waals surface area contributed by atoms with Crippen molar-refractivity contribution in [3.63, 3.8) is 0 Å². The molecule has 1 heterocycles. The maximum absolute atomic E-state index is 12.3. The lowest BCUT2D eigenvalue weighted by atomic mass is 10.2. The van der Waals surface area contributed by atoms with E-state index >= 15 is 0 Å². The number of anilines is 1. The number of rotatable bonds is 5. The molecule has 3 rings (SSSR count). The van der Waals surface area contributed by atoms with Crippen LogP contribution in [0.25, 0.3) is 10.9 Å². The molecule has 2 aromatic carbocycles. The van der Waals surface area contributed by atoms with Gasteiger partial charge in [0.05, 0.1) is 10.9 Å². The number of hydrogen-bond donors (Lipinski definition) is 2. The number of benzene rings is 2. The van der Waals surface area contributed by atoms with Gasteiger partial charge in [-0.15, -0.1) is 0 Å². The van der Waals surface area contributed by atoms with Crippen LogP contribution in [0, 0.1) is 0 Å². The number of nitrogens with one attached hydrogen (secondary N) is 2. The quantitative estimate of drug-likeness (QED) is 0.747. The summed E-state index contributed by atoms with van der Waals surface area (Å²) in [6.45, 7) is 0.395. The Morgan fingerprint density at radius 1 is 1.16 bits per heavy atom. The third kappa shape index (κ3) is 3.85. The Morgan fingerprint density at radius 3 is 2.76 bits per heavy atom. The lowest BCUT2D eigenvalue weighted by Gasteiger charge is -2.13. The van der Waals surface area contributed by atoms with Crippen molar-refractivity contribution in [2.45, 2.75) is 6.42 Å². The van der Waals surface area contributed by atoms with E-state index in [1.54, 1.807) is 24.3 Å². The first-order valence-corrected chi connectivity index (χ1v) is 8.08. The zero-order valence-electron chi connectivity index (χ0n) is 14.2. The summed E-state index contributed by atoms with van der Waals surface area (Å²) < 4.78 is 0. The molecule has 0 radical (unpaired) electrons. The molecule has 0 saturated carbocycles. The molecule has 1 amide bonds. The van der Waals surface area contributed by atoms with Crippen LogP contribution < -0.4 is 15.8 Å². The number of para-hydroxylation sites is 1. The molecule has 0 atom stereocenters. The number of carbonyl (C=O) groups excluding carboxylic acids is 1. The van der Waals surface area contributed by atoms with Crippen LogP contribution in [-0.2, 0) is 6.42 Å². The number of carbonyl (C=O) groups is 1. The van der Waals surface area contributed by atoms with Gasteiger partial charge in [0.15, 0.2) is 0 Å². The van der Waals surface area contributed by atoms with Gasteiger partial charge in [-0.3, -0.25) is 9.59 Å². The van der Waals surface area contributed by atoms with Crippen molar-refractivity contribution in [2.75, 3.05) is 25.5 Å². The van der Waals surface area contributed by atoms with Crippen molar-refractivity contribution < 1.29 is 4.79 Å². The Bertz CT molecular complexity index is 963. The van der Waals surface area contributed by atoms with Crippen molar-refractivity contribution >= 4 is 22.5 Å². The number of H-pyrrole nitrogens is 1. The van der Waals surface area contributed by atoms with E-state index in [4.69, 9.17) is 0 Å². The number of nitrogens with zero attached hydrogens (tertiary/aromatic N) is 2. The Balaban J connectivity index is 1.66. The molecule has 0 aliphatic carbocycles. The Morgan fingerprint density at radius 2 is 1.96 bits per heavy atom. The summed E-state index contributed by atoms with van der Waals surface area (Å²) in [6, 6.07) is 14.6. The fraction of sp³-hybridized carbons (Fsp3) is 0.211. The highest BCUT2D eigenvalue weighted by atomic mass is 16.1. The minimum absolute atomic E-state index is 0.146. The van der Waals surface area contributed by atoms with E-state index in [0.29, 0.717) is 35.3 Å². The van der Waals surface area contributed by atoms with Crippen molar-refractivity contribution in [3.8, 4) is 0 Å². The van der Waals surface area contributed by atoms with Gasteiger partial charge >= 0.3 is 0 Å². The zero-order valence-corrected chi connectivity index (χ0v) is 14.2. The molecule has 0 unspecified atom stereocenters. The first-order chi connectivity index (χ1) is 12.0. The normalized spacial score (nSPS) is 10.6. The van der Waals surface area contributed by atoms with Crippen LogP contribution in [0.15, 0.2) is 53.3 Å². The van der Waals surface area contributed by atoms with Crippen molar-refractivity contribution in [3.05, 3.63) is 70.3 Å². The van der Waals surface area contributed by atoms with Crippen molar-refractivity contribution in [1.29, 1.82) is 0 Å². The largest absolute Gasteiger partial charge is 0.378 e. The molecule has 1 aromatic heterocycles. The highest BCUT2D eigenvalue weighted by molar-refractivity contribution is 5.95. The predicted molar refractivity (Wildman–Crippen MR) is 99.2 cm³/mol. The van der Waals surface area contributed by atoms with E-state index in [-0.39, 0.29) is 11.5 Å². The maximum Gasteiger partial charge on any atom is 0.258 e. The van der Waals surface area contributed by atoms with Crippen LogP contribution in [0.2, 0.25) is 0 Å². The molecule has 3 aromatic rings. The lowest BCUT2D eigenvalue weighted by Crippen LogP contribution is -2.27. The molecule has 0 bridgehead atoms. The maximum atomic E-state index is 12.3. The van der Waals surface area contributed by atoms with Gasteiger partial charge in [-0.25, -0.2) is 4.98 Å². The molecule has 25 heavy (non-hydrogen) atoms. The van der Waals surface area contributed by atoms with Gasteiger partial charge in [0.1, 0.15) is 5.82 Å². The van der Waals surface area contributed by atoms with Gasteiger partial charge < -0.3 is 15.2 Å². The SMILES string of the molecule is CN(C)c1cccc(C(=O)NCCc2nc3ccccc3c(=O)[nH]2)c1. The minimum atomic E-state index is -0.161. The standard InChI is InChI=1S/C19H20N4O2/c1-23(2)14-7-5-6-13(12-14)18(24)20-11-10-17-21-16-9-4-3-8-15(16)19(25)22-17/h3-9,12H,10-11H2,1-2H3,(H,20,24)(H,21,22,25). The van der Waals surface area contributed by atoms with Gasteiger partial charge in [0, 0.05) is 38.3 Å². The lowest BCUT2D eigenvalue weighted by molar-refractivity contribution is 0.0954. The summed E-state index contributed by atoms with van der Waals surface area (Å²) >= 11 is 0.